The van der Waals surface area contributed by atoms with Crippen LogP contribution in [-0.4, -0.2) is 75.9 Å². The quantitative estimate of drug-likeness (QED) is 0.774. The first-order valence-corrected chi connectivity index (χ1v) is 8.82. The Hall–Kier alpha value is -1.67. The Morgan fingerprint density at radius 2 is 2.04 bits per heavy atom. The summed E-state index contributed by atoms with van der Waals surface area (Å²) in [6, 6.07) is 7.53. The van der Waals surface area contributed by atoms with Gasteiger partial charge in [0.25, 0.3) is 5.91 Å². The molecule has 138 valence electrons. The topological polar surface area (TPSA) is 80.3 Å². The number of nitrogens with zero attached hydrogens (tertiary/aromatic N) is 1. The molecule has 2 atom stereocenters. The van der Waals surface area contributed by atoms with E-state index in [1.54, 1.807) is 0 Å². The predicted octanol–water partition coefficient (Wildman–Crippen LogP) is 0.419. The molecular formula is C18H26N2O5. The first kappa shape index (κ1) is 18.1. The van der Waals surface area contributed by atoms with E-state index in [9.17, 15) is 4.79 Å². The molecule has 0 unspecified atom stereocenters. The van der Waals surface area contributed by atoms with Gasteiger partial charge in [-0.25, -0.2) is 0 Å². The molecule has 0 aromatic heterocycles. The molecule has 0 saturated carbocycles. The van der Waals surface area contributed by atoms with Crippen LogP contribution < -0.4 is 10.2 Å². The van der Waals surface area contributed by atoms with Gasteiger partial charge in [-0.15, -0.1) is 0 Å². The zero-order valence-electron chi connectivity index (χ0n) is 14.4. The molecule has 7 heteroatoms. The molecule has 0 radical (unpaired) electrons. The van der Waals surface area contributed by atoms with Crippen LogP contribution in [0, 0.1) is 0 Å². The molecule has 1 amide bonds. The lowest BCUT2D eigenvalue weighted by Crippen LogP contribution is -2.50. The highest BCUT2D eigenvalue weighted by atomic mass is 16.5. The molecule has 25 heavy (non-hydrogen) atoms. The third-order valence-electron chi connectivity index (χ3n) is 4.54. The van der Waals surface area contributed by atoms with Gasteiger partial charge in [-0.3, -0.25) is 4.79 Å². The minimum Gasteiger partial charge on any atom is -0.394 e. The summed E-state index contributed by atoms with van der Waals surface area (Å²) in [6.07, 6.45) is 0.460. The molecule has 0 spiro atoms. The average molecular weight is 350 g/mol. The largest absolute Gasteiger partial charge is 0.394 e. The first-order chi connectivity index (χ1) is 12.3. The van der Waals surface area contributed by atoms with E-state index in [1.165, 1.54) is 0 Å². The number of carbonyl (C=O) groups excluding carboxylic acids is 1. The second-order valence-corrected chi connectivity index (χ2v) is 6.19. The zero-order valence-corrected chi connectivity index (χ0v) is 14.4. The maximum absolute atomic E-state index is 12.9. The number of benzene rings is 1. The van der Waals surface area contributed by atoms with Crippen LogP contribution in [0.1, 0.15) is 16.8 Å². The van der Waals surface area contributed by atoms with E-state index in [1.807, 2.05) is 24.3 Å². The van der Waals surface area contributed by atoms with E-state index in [2.05, 4.69) is 10.2 Å². The van der Waals surface area contributed by atoms with Gasteiger partial charge in [-0.05, 0) is 18.6 Å². The van der Waals surface area contributed by atoms with E-state index in [4.69, 9.17) is 19.3 Å². The molecule has 0 aliphatic carbocycles. The Balaban J connectivity index is 1.69. The minimum atomic E-state index is -0.236. The van der Waals surface area contributed by atoms with Gasteiger partial charge in [0.2, 0.25) is 0 Å². The molecule has 2 aliphatic rings. The van der Waals surface area contributed by atoms with Crippen LogP contribution in [0.5, 0.6) is 0 Å². The molecule has 2 aliphatic heterocycles. The molecule has 2 saturated heterocycles. The molecule has 2 N–H and O–H groups in total. The Morgan fingerprint density at radius 3 is 2.84 bits per heavy atom. The number of hydrogen-bond donors (Lipinski definition) is 2. The van der Waals surface area contributed by atoms with E-state index in [0.717, 1.165) is 18.8 Å². The second kappa shape index (κ2) is 9.15. The summed E-state index contributed by atoms with van der Waals surface area (Å²) in [5.74, 6) is -0.105. The number of nitrogens with one attached hydrogen (secondary N) is 1. The zero-order chi connectivity index (χ0) is 17.5. The van der Waals surface area contributed by atoms with Gasteiger partial charge in [0.1, 0.15) is 6.10 Å². The predicted molar refractivity (Wildman–Crippen MR) is 93.0 cm³/mol. The van der Waals surface area contributed by atoms with E-state index in [0.29, 0.717) is 38.4 Å². The van der Waals surface area contributed by atoms with Crippen molar-refractivity contribution in [3.05, 3.63) is 29.8 Å². The van der Waals surface area contributed by atoms with Crippen LogP contribution in [0.3, 0.4) is 0 Å². The molecule has 1 aromatic rings. The number of para-hydroxylation sites is 1. The van der Waals surface area contributed by atoms with Crippen LogP contribution in [0.15, 0.2) is 24.3 Å². The third kappa shape index (κ3) is 4.70. The Kier molecular flexibility index (Phi) is 6.63. The Labute approximate surface area is 147 Å². The van der Waals surface area contributed by atoms with E-state index < -0.39 is 0 Å². The number of carbonyl (C=O) groups is 1. The number of hydrogen-bond acceptors (Lipinski definition) is 6. The Bertz CT molecular complexity index is 562. The number of ether oxygens (including phenoxy) is 3. The highest BCUT2D eigenvalue weighted by Gasteiger charge is 2.29. The summed E-state index contributed by atoms with van der Waals surface area (Å²) in [5, 5.41) is 12.0. The molecular weight excluding hydrogens is 324 g/mol. The van der Waals surface area contributed by atoms with Gasteiger partial charge < -0.3 is 29.5 Å². The van der Waals surface area contributed by atoms with Gasteiger partial charge in [-0.1, -0.05) is 12.1 Å². The van der Waals surface area contributed by atoms with Gasteiger partial charge in [-0.2, -0.15) is 0 Å². The molecule has 0 bridgehead atoms. The lowest BCUT2D eigenvalue weighted by Gasteiger charge is -2.33. The SMILES string of the molecule is O=C(N[C@@H]1CCOC[C@H]1OCCO)c1ccccc1N1CCOCC1. The lowest BCUT2D eigenvalue weighted by atomic mass is 10.0. The summed E-state index contributed by atoms with van der Waals surface area (Å²) >= 11 is 0. The van der Waals surface area contributed by atoms with Crippen LogP contribution in [0.2, 0.25) is 0 Å². The van der Waals surface area contributed by atoms with Crippen molar-refractivity contribution in [3.63, 3.8) is 0 Å². The van der Waals surface area contributed by atoms with Gasteiger partial charge in [0.05, 0.1) is 44.6 Å². The number of rotatable bonds is 6. The summed E-state index contributed by atoms with van der Waals surface area (Å²) in [4.78, 5) is 15.1. The minimum absolute atomic E-state index is 0.0446. The number of anilines is 1. The van der Waals surface area contributed by atoms with Crippen LogP contribution >= 0.6 is 0 Å². The number of aliphatic hydroxyl groups is 1. The fraction of sp³-hybridized carbons (Fsp3) is 0.611. The van der Waals surface area contributed by atoms with Crippen molar-refractivity contribution in [2.45, 2.75) is 18.6 Å². The summed E-state index contributed by atoms with van der Waals surface area (Å²) in [7, 11) is 0. The summed E-state index contributed by atoms with van der Waals surface area (Å²) < 4.78 is 16.4. The average Bonchev–Trinajstić information content (AvgIpc) is 2.68. The van der Waals surface area contributed by atoms with Crippen molar-refractivity contribution in [2.75, 3.05) is 57.6 Å². The number of aliphatic hydroxyl groups excluding tert-OH is 1. The van der Waals surface area contributed by atoms with Crippen molar-refractivity contribution in [2.24, 2.45) is 0 Å². The lowest BCUT2D eigenvalue weighted by molar-refractivity contribution is -0.0737. The summed E-state index contributed by atoms with van der Waals surface area (Å²) in [6.45, 7) is 4.13. The number of morpholine rings is 1. The van der Waals surface area contributed by atoms with Gasteiger partial charge >= 0.3 is 0 Å². The third-order valence-corrected chi connectivity index (χ3v) is 4.54. The molecule has 1 aromatic carbocycles. The monoisotopic (exact) mass is 350 g/mol. The first-order valence-electron chi connectivity index (χ1n) is 8.82. The van der Waals surface area contributed by atoms with E-state index in [-0.39, 0.29) is 31.3 Å². The van der Waals surface area contributed by atoms with Crippen LogP contribution in [0.25, 0.3) is 0 Å². The van der Waals surface area contributed by atoms with Crippen molar-refractivity contribution in [1.29, 1.82) is 0 Å². The Morgan fingerprint density at radius 1 is 1.24 bits per heavy atom. The maximum atomic E-state index is 12.9. The van der Waals surface area contributed by atoms with Gasteiger partial charge in [0, 0.05) is 25.4 Å². The van der Waals surface area contributed by atoms with Gasteiger partial charge in [0.15, 0.2) is 0 Å². The van der Waals surface area contributed by atoms with Crippen molar-refractivity contribution >= 4 is 11.6 Å². The fourth-order valence-electron chi connectivity index (χ4n) is 3.24. The standard InChI is InChI=1S/C18H26N2O5/c21-8-12-25-17-13-24-9-5-15(17)19-18(22)14-3-1-2-4-16(14)20-6-10-23-11-7-20/h1-4,15,17,21H,5-13H2,(H,19,22)/t15-,17-/m1/s1. The normalized spacial score (nSPS) is 24.1. The molecule has 3 rings (SSSR count). The molecule has 2 heterocycles. The highest BCUT2D eigenvalue weighted by molar-refractivity contribution is 6.00. The second-order valence-electron chi connectivity index (χ2n) is 6.19. The smallest absolute Gasteiger partial charge is 0.253 e. The summed E-state index contributed by atoms with van der Waals surface area (Å²) in [5.41, 5.74) is 1.60. The fourth-order valence-corrected chi connectivity index (χ4v) is 3.24. The van der Waals surface area contributed by atoms with E-state index >= 15 is 0 Å². The highest BCUT2D eigenvalue weighted by Crippen LogP contribution is 2.22. The maximum Gasteiger partial charge on any atom is 0.253 e. The number of amides is 1. The van der Waals surface area contributed by atoms with Crippen LogP contribution in [0.4, 0.5) is 5.69 Å². The molecule has 2 fully saturated rings. The van der Waals surface area contributed by atoms with Crippen molar-refractivity contribution in [3.8, 4) is 0 Å². The van der Waals surface area contributed by atoms with Crippen molar-refractivity contribution in [1.82, 2.24) is 5.32 Å². The molecule has 7 nitrogen and oxygen atoms in total. The van der Waals surface area contributed by atoms with Crippen LogP contribution in [-0.2, 0) is 14.2 Å². The van der Waals surface area contributed by atoms with Crippen molar-refractivity contribution < 1.29 is 24.1 Å².